The first-order valence-corrected chi connectivity index (χ1v) is 21.3. The zero-order valence-corrected chi connectivity index (χ0v) is 34.5. The highest BCUT2D eigenvalue weighted by molar-refractivity contribution is 6.13. The van der Waals surface area contributed by atoms with E-state index in [9.17, 15) is 0 Å². The molecular weight excluding hydrogens is 781 g/mol. The average molecular weight is 817 g/mol. The molecule has 0 spiro atoms. The molecule has 0 fully saturated rings. The van der Waals surface area contributed by atoms with Crippen LogP contribution in [0.15, 0.2) is 219 Å². The number of aromatic nitrogens is 5. The maximum atomic E-state index is 8.06. The minimum absolute atomic E-state index is 0.564. The predicted octanol–water partition coefficient (Wildman–Crippen LogP) is 15.0. The number of nitrogens with zero attached hydrogens (tertiary/aromatic N) is 6. The number of hydrogen-bond acceptors (Lipinski definition) is 3. The Morgan fingerprint density at radius 3 is 1.27 bits per heavy atom. The molecule has 64 heavy (non-hydrogen) atoms. The number of hydrogen-bond donors (Lipinski definition) is 0. The summed E-state index contributed by atoms with van der Waals surface area (Å²) in [5.41, 5.74) is 16.2. The van der Waals surface area contributed by atoms with Crippen LogP contribution in [0.1, 0.15) is 0 Å². The van der Waals surface area contributed by atoms with Crippen molar-refractivity contribution in [2.45, 2.75) is 0 Å². The van der Waals surface area contributed by atoms with E-state index in [1.165, 1.54) is 0 Å². The van der Waals surface area contributed by atoms with Gasteiger partial charge in [0.15, 0.2) is 5.69 Å². The van der Waals surface area contributed by atoms with Gasteiger partial charge in [0.25, 0.3) is 0 Å². The second-order valence-corrected chi connectivity index (χ2v) is 15.9. The standard InChI is InChI=1S/C58H36N6/c1-59-43-20-12-19-42(33-43)58-56(63-52-27-10-8-21-44(52)46-31-29-40(34-54(46)63)50-25-13-23-48(61-50)38-15-4-2-5-16-38)36-60-37-57(58)64-53-28-11-9-22-45(53)47-32-30-41(35-55(47)64)51-26-14-24-49(62-51)39-17-6-3-7-18-39/h2-37H. The highest BCUT2D eigenvalue weighted by atomic mass is 15.0. The first-order chi connectivity index (χ1) is 31.7. The van der Waals surface area contributed by atoms with Gasteiger partial charge in [0.1, 0.15) is 0 Å². The van der Waals surface area contributed by atoms with Crippen molar-refractivity contribution < 1.29 is 0 Å². The fraction of sp³-hybridized carbons (Fsp3) is 0. The smallest absolute Gasteiger partial charge is 0.187 e. The van der Waals surface area contributed by atoms with Gasteiger partial charge in [-0.15, -0.1) is 0 Å². The van der Waals surface area contributed by atoms with Crippen molar-refractivity contribution in [2.24, 2.45) is 0 Å². The lowest BCUT2D eigenvalue weighted by Gasteiger charge is -2.20. The molecule has 298 valence electrons. The lowest BCUT2D eigenvalue weighted by Crippen LogP contribution is -2.05. The van der Waals surface area contributed by atoms with Gasteiger partial charge in [-0.3, -0.25) is 4.98 Å². The highest BCUT2D eigenvalue weighted by Crippen LogP contribution is 2.43. The van der Waals surface area contributed by atoms with Gasteiger partial charge in [0.2, 0.25) is 0 Å². The van der Waals surface area contributed by atoms with E-state index in [0.717, 1.165) is 111 Å². The van der Waals surface area contributed by atoms with Gasteiger partial charge in [-0.25, -0.2) is 14.8 Å². The second kappa shape index (κ2) is 15.2. The lowest BCUT2D eigenvalue weighted by molar-refractivity contribution is 1.09. The molecule has 0 bridgehead atoms. The van der Waals surface area contributed by atoms with Crippen molar-refractivity contribution >= 4 is 49.3 Å². The Balaban J connectivity index is 1.13. The second-order valence-electron chi connectivity index (χ2n) is 15.9. The van der Waals surface area contributed by atoms with Crippen LogP contribution >= 0.6 is 0 Å². The van der Waals surface area contributed by atoms with E-state index in [-0.39, 0.29) is 0 Å². The molecule has 0 atom stereocenters. The van der Waals surface area contributed by atoms with Crippen molar-refractivity contribution in [2.75, 3.05) is 0 Å². The van der Waals surface area contributed by atoms with Crippen molar-refractivity contribution in [1.29, 1.82) is 0 Å². The first kappa shape index (κ1) is 36.9. The van der Waals surface area contributed by atoms with Gasteiger partial charge in [-0.05, 0) is 60.2 Å². The molecule has 0 radical (unpaired) electrons. The average Bonchev–Trinajstić information content (AvgIpc) is 3.88. The van der Waals surface area contributed by atoms with E-state index in [1.54, 1.807) is 0 Å². The SMILES string of the molecule is [C-]#[N+]c1cccc(-c2c(-n3c4ccccc4c4ccc(-c5cccc(-c6ccccc6)n5)cc43)cncc2-n2c3ccccc3c3ccc(-c4cccc(-c5ccccc5)n4)cc32)c1. The van der Waals surface area contributed by atoms with Crippen LogP contribution in [0.25, 0.3) is 116 Å². The Morgan fingerprint density at radius 2 is 0.766 bits per heavy atom. The summed E-state index contributed by atoms with van der Waals surface area (Å²) in [5, 5.41) is 4.51. The Bertz CT molecular complexity index is 3580. The molecule has 12 rings (SSSR count). The van der Waals surface area contributed by atoms with Gasteiger partial charge in [0, 0.05) is 49.4 Å². The molecule has 6 nitrogen and oxygen atoms in total. The summed E-state index contributed by atoms with van der Waals surface area (Å²) in [7, 11) is 0. The molecule has 5 heterocycles. The topological polar surface area (TPSA) is 52.9 Å². The first-order valence-electron chi connectivity index (χ1n) is 21.3. The molecule has 0 N–H and O–H groups in total. The highest BCUT2D eigenvalue weighted by Gasteiger charge is 2.23. The molecule has 0 aliphatic heterocycles. The lowest BCUT2D eigenvalue weighted by atomic mass is 10.0. The third-order valence-corrected chi connectivity index (χ3v) is 12.2. The zero-order chi connectivity index (χ0) is 42.6. The maximum absolute atomic E-state index is 8.06. The zero-order valence-electron chi connectivity index (χ0n) is 34.5. The molecule has 12 aromatic rings. The monoisotopic (exact) mass is 816 g/mol. The van der Waals surface area contributed by atoms with Crippen LogP contribution in [0.3, 0.4) is 0 Å². The number of rotatable bonds is 7. The molecule has 7 aromatic carbocycles. The van der Waals surface area contributed by atoms with Crippen molar-refractivity contribution in [1.82, 2.24) is 24.1 Å². The summed E-state index contributed by atoms with van der Waals surface area (Å²) in [6.07, 6.45) is 3.93. The molecule has 0 saturated heterocycles. The molecule has 0 aliphatic carbocycles. The van der Waals surface area contributed by atoms with Crippen LogP contribution in [-0.2, 0) is 0 Å². The van der Waals surface area contributed by atoms with E-state index in [2.05, 4.69) is 166 Å². The third-order valence-electron chi connectivity index (χ3n) is 12.2. The summed E-state index contributed by atoms with van der Waals surface area (Å²) in [5.74, 6) is 0. The van der Waals surface area contributed by atoms with E-state index in [0.29, 0.717) is 5.69 Å². The number of pyridine rings is 3. The van der Waals surface area contributed by atoms with E-state index < -0.39 is 0 Å². The van der Waals surface area contributed by atoms with Gasteiger partial charge in [0.05, 0.1) is 75.2 Å². The maximum Gasteiger partial charge on any atom is 0.187 e. The molecule has 5 aromatic heterocycles. The third kappa shape index (κ3) is 6.14. The Kier molecular flexibility index (Phi) is 8.77. The van der Waals surface area contributed by atoms with Crippen molar-refractivity contribution in [3.63, 3.8) is 0 Å². The van der Waals surface area contributed by atoms with Gasteiger partial charge in [-0.2, -0.15) is 0 Å². The predicted molar refractivity (Wildman–Crippen MR) is 262 cm³/mol. The quantitative estimate of drug-likeness (QED) is 0.151. The minimum atomic E-state index is 0.564. The van der Waals surface area contributed by atoms with Crippen LogP contribution in [0.4, 0.5) is 5.69 Å². The summed E-state index contributed by atoms with van der Waals surface area (Å²) in [4.78, 5) is 19.3. The van der Waals surface area contributed by atoms with Crippen LogP contribution in [0.2, 0.25) is 0 Å². The normalized spacial score (nSPS) is 11.4. The van der Waals surface area contributed by atoms with Crippen LogP contribution in [-0.4, -0.2) is 24.1 Å². The van der Waals surface area contributed by atoms with E-state index >= 15 is 0 Å². The Labute approximate surface area is 369 Å². The number of benzene rings is 7. The fourth-order valence-corrected chi connectivity index (χ4v) is 9.31. The number of fused-ring (bicyclic) bond motifs is 6. The van der Waals surface area contributed by atoms with E-state index in [1.807, 2.05) is 67.0 Å². The Morgan fingerprint density at radius 1 is 0.344 bits per heavy atom. The molecule has 0 saturated carbocycles. The van der Waals surface area contributed by atoms with Crippen LogP contribution in [0, 0.1) is 6.57 Å². The van der Waals surface area contributed by atoms with Gasteiger partial charge < -0.3 is 9.13 Å². The molecule has 0 amide bonds. The summed E-state index contributed by atoms with van der Waals surface area (Å²) in [6.45, 7) is 8.06. The molecule has 0 unspecified atom stereocenters. The summed E-state index contributed by atoms with van der Waals surface area (Å²) < 4.78 is 4.67. The summed E-state index contributed by atoms with van der Waals surface area (Å²) >= 11 is 0. The largest absolute Gasteiger partial charge is 0.307 e. The van der Waals surface area contributed by atoms with Crippen LogP contribution < -0.4 is 0 Å². The van der Waals surface area contributed by atoms with Gasteiger partial charge >= 0.3 is 0 Å². The summed E-state index contributed by atoms with van der Waals surface area (Å²) in [6, 6.07) is 71.4. The molecule has 6 heteroatoms. The number of para-hydroxylation sites is 2. The molecule has 0 aliphatic rings. The fourth-order valence-electron chi connectivity index (χ4n) is 9.31. The Hall–Kier alpha value is -8.92. The molecular formula is C58H36N6. The van der Waals surface area contributed by atoms with Crippen LogP contribution in [0.5, 0.6) is 0 Å². The van der Waals surface area contributed by atoms with Crippen molar-refractivity contribution in [3.05, 3.63) is 230 Å². The minimum Gasteiger partial charge on any atom is -0.307 e. The van der Waals surface area contributed by atoms with Crippen molar-refractivity contribution in [3.8, 4) is 67.5 Å². The van der Waals surface area contributed by atoms with E-state index in [4.69, 9.17) is 21.5 Å². The van der Waals surface area contributed by atoms with Gasteiger partial charge in [-0.1, -0.05) is 152 Å².